The number of nitrogens with zero attached hydrogens (tertiary/aromatic N) is 2. The van der Waals surface area contributed by atoms with E-state index in [1.165, 1.54) is 6.26 Å². The van der Waals surface area contributed by atoms with E-state index in [0.29, 0.717) is 11.4 Å². The van der Waals surface area contributed by atoms with E-state index in [-0.39, 0.29) is 5.78 Å². The Hall–Kier alpha value is -1.84. The molecule has 0 amide bonds. The van der Waals surface area contributed by atoms with E-state index in [1.54, 1.807) is 37.0 Å². The van der Waals surface area contributed by atoms with Crippen molar-refractivity contribution in [2.45, 2.75) is 6.92 Å². The van der Waals surface area contributed by atoms with Crippen LogP contribution in [-0.4, -0.2) is 15.3 Å². The summed E-state index contributed by atoms with van der Waals surface area (Å²) in [6, 6.07) is 1.71. The van der Waals surface area contributed by atoms with Gasteiger partial charge in [-0.05, 0) is 13.0 Å². The summed E-state index contributed by atoms with van der Waals surface area (Å²) >= 11 is 0. The molecule has 0 spiro atoms. The van der Waals surface area contributed by atoms with Crippen molar-refractivity contribution >= 4 is 5.78 Å². The first kappa shape index (κ1) is 8.74. The largest absolute Gasteiger partial charge is 0.469 e. The van der Waals surface area contributed by atoms with Gasteiger partial charge < -0.3 is 8.98 Å². The molecule has 2 rings (SSSR count). The molecule has 0 fully saturated rings. The molecule has 0 N–H and O–H groups in total. The van der Waals surface area contributed by atoms with Gasteiger partial charge in [-0.3, -0.25) is 4.79 Å². The zero-order valence-corrected chi connectivity index (χ0v) is 8.02. The summed E-state index contributed by atoms with van der Waals surface area (Å²) in [5, 5.41) is 0. The lowest BCUT2D eigenvalue weighted by atomic mass is 10.2. The van der Waals surface area contributed by atoms with E-state index < -0.39 is 0 Å². The lowest BCUT2D eigenvalue weighted by molar-refractivity contribution is 0.102. The summed E-state index contributed by atoms with van der Waals surface area (Å²) in [4.78, 5) is 15.8. The van der Waals surface area contributed by atoms with E-state index in [0.717, 1.165) is 5.76 Å². The van der Waals surface area contributed by atoms with E-state index in [9.17, 15) is 4.79 Å². The average molecular weight is 190 g/mol. The molecule has 0 radical (unpaired) electrons. The predicted molar refractivity (Wildman–Crippen MR) is 50.1 cm³/mol. The van der Waals surface area contributed by atoms with Gasteiger partial charge >= 0.3 is 0 Å². The number of ketones is 1. The number of carbonyl (C=O) groups excluding carboxylic acids is 1. The molecular formula is C10H10N2O2. The fraction of sp³-hybridized carbons (Fsp3) is 0.200. The van der Waals surface area contributed by atoms with E-state index in [2.05, 4.69) is 4.98 Å². The molecule has 0 aromatic carbocycles. The first-order chi connectivity index (χ1) is 6.68. The highest BCUT2D eigenvalue weighted by Crippen LogP contribution is 2.11. The maximum atomic E-state index is 11.8. The Bertz CT molecular complexity index is 468. The number of aromatic nitrogens is 2. The lowest BCUT2D eigenvalue weighted by Gasteiger charge is -1.96. The zero-order chi connectivity index (χ0) is 10.1. The van der Waals surface area contributed by atoms with E-state index >= 15 is 0 Å². The van der Waals surface area contributed by atoms with Gasteiger partial charge in [-0.1, -0.05) is 0 Å². The highest BCUT2D eigenvalue weighted by molar-refractivity contribution is 6.06. The Morgan fingerprint density at radius 2 is 2.36 bits per heavy atom. The highest BCUT2D eigenvalue weighted by atomic mass is 16.3. The van der Waals surface area contributed by atoms with Gasteiger partial charge in [0, 0.05) is 19.4 Å². The molecule has 0 saturated heterocycles. The van der Waals surface area contributed by atoms with Crippen molar-refractivity contribution in [1.29, 1.82) is 0 Å². The van der Waals surface area contributed by atoms with Crippen molar-refractivity contribution in [3.8, 4) is 0 Å². The molecule has 2 aromatic rings. The second kappa shape index (κ2) is 3.14. The van der Waals surface area contributed by atoms with Gasteiger partial charge in [0.2, 0.25) is 5.78 Å². The summed E-state index contributed by atoms with van der Waals surface area (Å²) in [5.74, 6) is 1.03. The second-order valence-corrected chi connectivity index (χ2v) is 3.14. The van der Waals surface area contributed by atoms with Crippen LogP contribution >= 0.6 is 0 Å². The fourth-order valence-electron chi connectivity index (χ4n) is 1.28. The van der Waals surface area contributed by atoms with Gasteiger partial charge in [0.25, 0.3) is 0 Å². The van der Waals surface area contributed by atoms with Gasteiger partial charge in [0.1, 0.15) is 12.0 Å². The summed E-state index contributed by atoms with van der Waals surface area (Å²) in [5.41, 5.74) is 0.539. The second-order valence-electron chi connectivity index (χ2n) is 3.14. The first-order valence-corrected chi connectivity index (χ1v) is 4.25. The smallest absolute Gasteiger partial charge is 0.231 e. The summed E-state index contributed by atoms with van der Waals surface area (Å²) in [7, 11) is 1.78. The topological polar surface area (TPSA) is 48.0 Å². The molecule has 14 heavy (non-hydrogen) atoms. The predicted octanol–water partition coefficient (Wildman–Crippen LogP) is 1.55. The number of rotatable bonds is 2. The Kier molecular flexibility index (Phi) is 1.96. The molecule has 0 aliphatic rings. The Morgan fingerprint density at radius 1 is 1.57 bits per heavy atom. The van der Waals surface area contributed by atoms with Crippen LogP contribution in [0.4, 0.5) is 0 Å². The van der Waals surface area contributed by atoms with Gasteiger partial charge in [-0.15, -0.1) is 0 Å². The maximum Gasteiger partial charge on any atom is 0.231 e. The number of hydrogen-bond donors (Lipinski definition) is 0. The van der Waals surface area contributed by atoms with Gasteiger partial charge in [-0.2, -0.15) is 0 Å². The Labute approximate surface area is 81.2 Å². The van der Waals surface area contributed by atoms with Gasteiger partial charge in [0.15, 0.2) is 5.82 Å². The highest BCUT2D eigenvalue weighted by Gasteiger charge is 2.15. The van der Waals surface area contributed by atoms with Crippen molar-refractivity contribution in [2.24, 2.45) is 7.05 Å². The molecule has 4 nitrogen and oxygen atoms in total. The number of furan rings is 1. The van der Waals surface area contributed by atoms with Crippen LogP contribution in [0.25, 0.3) is 0 Å². The number of hydrogen-bond acceptors (Lipinski definition) is 3. The fourth-order valence-corrected chi connectivity index (χ4v) is 1.28. The third-order valence-electron chi connectivity index (χ3n) is 2.02. The van der Waals surface area contributed by atoms with Crippen molar-refractivity contribution in [3.05, 3.63) is 41.9 Å². The van der Waals surface area contributed by atoms with Crippen molar-refractivity contribution in [2.75, 3.05) is 0 Å². The summed E-state index contributed by atoms with van der Waals surface area (Å²) in [6.07, 6.45) is 4.78. The Balaban J connectivity index is 2.38. The molecule has 2 heterocycles. The molecule has 0 unspecified atom stereocenters. The molecule has 0 aliphatic carbocycles. The van der Waals surface area contributed by atoms with Crippen LogP contribution in [0.15, 0.2) is 29.1 Å². The quantitative estimate of drug-likeness (QED) is 0.675. The summed E-state index contributed by atoms with van der Waals surface area (Å²) < 4.78 is 6.75. The minimum Gasteiger partial charge on any atom is -0.469 e. The Morgan fingerprint density at radius 3 is 2.86 bits per heavy atom. The SMILES string of the molecule is Cc1cc(C(=O)c2nccn2C)co1. The van der Waals surface area contributed by atoms with Crippen LogP contribution in [-0.2, 0) is 7.05 Å². The maximum absolute atomic E-state index is 11.8. The minimum absolute atomic E-state index is 0.116. The van der Waals surface area contributed by atoms with Crippen LogP contribution in [0.2, 0.25) is 0 Å². The molecule has 0 bridgehead atoms. The van der Waals surface area contributed by atoms with Gasteiger partial charge in [-0.25, -0.2) is 4.98 Å². The molecule has 0 saturated carbocycles. The molecule has 2 aromatic heterocycles. The number of carbonyl (C=O) groups is 1. The van der Waals surface area contributed by atoms with Crippen LogP contribution in [0.5, 0.6) is 0 Å². The number of imidazole rings is 1. The average Bonchev–Trinajstić information content (AvgIpc) is 2.73. The van der Waals surface area contributed by atoms with Crippen molar-refractivity contribution < 1.29 is 9.21 Å². The molecule has 0 atom stereocenters. The zero-order valence-electron chi connectivity index (χ0n) is 8.02. The van der Waals surface area contributed by atoms with Crippen LogP contribution < -0.4 is 0 Å². The number of aryl methyl sites for hydroxylation is 2. The molecule has 0 aliphatic heterocycles. The monoisotopic (exact) mass is 190 g/mol. The minimum atomic E-state index is -0.116. The van der Waals surface area contributed by atoms with Crippen LogP contribution in [0.3, 0.4) is 0 Å². The molecular weight excluding hydrogens is 180 g/mol. The molecule has 4 heteroatoms. The summed E-state index contributed by atoms with van der Waals surface area (Å²) in [6.45, 7) is 1.80. The van der Waals surface area contributed by atoms with Crippen LogP contribution in [0.1, 0.15) is 21.9 Å². The van der Waals surface area contributed by atoms with Crippen molar-refractivity contribution in [3.63, 3.8) is 0 Å². The van der Waals surface area contributed by atoms with E-state index in [1.807, 2.05) is 0 Å². The van der Waals surface area contributed by atoms with Gasteiger partial charge in [0.05, 0.1) is 5.56 Å². The van der Waals surface area contributed by atoms with E-state index in [4.69, 9.17) is 4.42 Å². The lowest BCUT2D eigenvalue weighted by Crippen LogP contribution is -2.07. The normalized spacial score (nSPS) is 10.4. The third-order valence-corrected chi connectivity index (χ3v) is 2.02. The van der Waals surface area contributed by atoms with Crippen LogP contribution in [0, 0.1) is 6.92 Å². The third kappa shape index (κ3) is 1.35. The first-order valence-electron chi connectivity index (χ1n) is 4.25. The molecule has 72 valence electrons. The standard InChI is InChI=1S/C10H10N2O2/c1-7-5-8(6-14-7)9(13)10-11-3-4-12(10)2/h3-6H,1-2H3. The van der Waals surface area contributed by atoms with Crippen molar-refractivity contribution in [1.82, 2.24) is 9.55 Å².